The number of aromatic nitrogens is 2. The number of hydrogen-bond acceptors (Lipinski definition) is 9. The summed E-state index contributed by atoms with van der Waals surface area (Å²) >= 11 is 2.67. The average molecular weight is 368 g/mol. The lowest BCUT2D eigenvalue weighted by Gasteiger charge is -2.04. The molecule has 0 saturated heterocycles. The summed E-state index contributed by atoms with van der Waals surface area (Å²) in [6, 6.07) is 3.34. The van der Waals surface area contributed by atoms with Gasteiger partial charge < -0.3 is 4.74 Å². The number of rotatable bonds is 6. The van der Waals surface area contributed by atoms with Crippen LogP contribution in [-0.4, -0.2) is 39.9 Å². The van der Waals surface area contributed by atoms with Crippen LogP contribution in [0.3, 0.4) is 0 Å². The summed E-state index contributed by atoms with van der Waals surface area (Å²) in [5.74, 6) is -0.589. The first-order valence-electron chi connectivity index (χ1n) is 6.60. The van der Waals surface area contributed by atoms with Crippen molar-refractivity contribution in [2.45, 2.75) is 11.3 Å². The van der Waals surface area contributed by atoms with Crippen molar-refractivity contribution in [1.29, 1.82) is 0 Å². The highest BCUT2D eigenvalue weighted by molar-refractivity contribution is 8.01. The fraction of sp³-hybridized carbons (Fsp3) is 0.231. The number of nitrogens with one attached hydrogen (secondary N) is 1. The van der Waals surface area contributed by atoms with Gasteiger partial charge in [0, 0.05) is 17.7 Å². The number of nitrogens with zero attached hydrogens (tertiary/aromatic N) is 3. The summed E-state index contributed by atoms with van der Waals surface area (Å²) in [6.45, 7) is 1.96. The Morgan fingerprint density at radius 1 is 1.33 bits per heavy atom. The van der Waals surface area contributed by atoms with E-state index in [4.69, 9.17) is 0 Å². The predicted octanol–water partition coefficient (Wildman–Crippen LogP) is 2.60. The number of anilines is 1. The first-order valence-corrected chi connectivity index (χ1v) is 8.40. The molecule has 0 aliphatic heterocycles. The SMILES string of the molecule is CCSc1nnc(NC(=O)c2cc(C(=O)OC)cc([N+](=O)[O-])c2)s1. The van der Waals surface area contributed by atoms with Crippen molar-refractivity contribution in [2.75, 3.05) is 18.2 Å². The molecular formula is C13H12N4O5S2. The molecule has 24 heavy (non-hydrogen) atoms. The molecule has 0 aliphatic carbocycles. The molecule has 0 aliphatic rings. The molecule has 0 unspecified atom stereocenters. The summed E-state index contributed by atoms with van der Waals surface area (Å²) < 4.78 is 5.23. The Kier molecular flexibility index (Phi) is 5.82. The molecule has 2 rings (SSSR count). The van der Waals surface area contributed by atoms with E-state index in [1.165, 1.54) is 29.2 Å². The number of thioether (sulfide) groups is 1. The molecule has 1 aromatic carbocycles. The van der Waals surface area contributed by atoms with Gasteiger partial charge in [-0.3, -0.25) is 20.2 Å². The highest BCUT2D eigenvalue weighted by Gasteiger charge is 2.19. The Balaban J connectivity index is 2.28. The molecular weight excluding hydrogens is 356 g/mol. The molecule has 1 aromatic heterocycles. The molecule has 1 heterocycles. The van der Waals surface area contributed by atoms with E-state index in [0.29, 0.717) is 4.34 Å². The van der Waals surface area contributed by atoms with E-state index < -0.39 is 16.8 Å². The third-order valence-electron chi connectivity index (χ3n) is 2.71. The molecule has 1 N–H and O–H groups in total. The number of carbonyl (C=O) groups excluding carboxylic acids is 2. The maximum Gasteiger partial charge on any atom is 0.338 e. The van der Waals surface area contributed by atoms with E-state index in [9.17, 15) is 19.7 Å². The monoisotopic (exact) mass is 368 g/mol. The van der Waals surface area contributed by atoms with Crippen LogP contribution in [0, 0.1) is 10.1 Å². The van der Waals surface area contributed by atoms with Crippen LogP contribution in [-0.2, 0) is 4.74 Å². The van der Waals surface area contributed by atoms with Gasteiger partial charge in [-0.15, -0.1) is 10.2 Å². The molecule has 0 saturated carbocycles. The third-order valence-corrected chi connectivity index (χ3v) is 4.56. The van der Waals surface area contributed by atoms with Crippen LogP contribution in [0.5, 0.6) is 0 Å². The summed E-state index contributed by atoms with van der Waals surface area (Å²) in [5.41, 5.74) is -0.525. The lowest BCUT2D eigenvalue weighted by Crippen LogP contribution is -2.14. The zero-order valence-corrected chi connectivity index (χ0v) is 14.3. The van der Waals surface area contributed by atoms with Crippen molar-refractivity contribution >= 4 is 45.8 Å². The minimum Gasteiger partial charge on any atom is -0.465 e. The lowest BCUT2D eigenvalue weighted by atomic mass is 10.1. The van der Waals surface area contributed by atoms with Gasteiger partial charge in [0.2, 0.25) is 5.13 Å². The minimum atomic E-state index is -0.773. The van der Waals surface area contributed by atoms with Crippen molar-refractivity contribution < 1.29 is 19.2 Å². The summed E-state index contributed by atoms with van der Waals surface area (Å²) in [6.07, 6.45) is 0. The first-order chi connectivity index (χ1) is 11.4. The van der Waals surface area contributed by atoms with Gasteiger partial charge in [0.05, 0.1) is 17.6 Å². The van der Waals surface area contributed by atoms with Gasteiger partial charge in [0.1, 0.15) is 0 Å². The number of nitro benzene ring substituents is 1. The van der Waals surface area contributed by atoms with Gasteiger partial charge in [-0.25, -0.2) is 4.79 Å². The van der Waals surface area contributed by atoms with Gasteiger partial charge in [0.25, 0.3) is 11.6 Å². The number of hydrogen-bond donors (Lipinski definition) is 1. The maximum atomic E-state index is 12.3. The van der Waals surface area contributed by atoms with Crippen LogP contribution < -0.4 is 5.32 Å². The molecule has 9 nitrogen and oxygen atoms in total. The van der Waals surface area contributed by atoms with Crippen LogP contribution in [0.25, 0.3) is 0 Å². The van der Waals surface area contributed by atoms with Gasteiger partial charge >= 0.3 is 5.97 Å². The van der Waals surface area contributed by atoms with Crippen LogP contribution >= 0.6 is 23.1 Å². The molecule has 2 aromatic rings. The predicted molar refractivity (Wildman–Crippen MR) is 88.7 cm³/mol. The van der Waals surface area contributed by atoms with Gasteiger partial charge in [-0.1, -0.05) is 30.0 Å². The maximum absolute atomic E-state index is 12.3. The molecule has 0 radical (unpaired) electrons. The van der Waals surface area contributed by atoms with Crippen molar-refractivity contribution in [3.05, 3.63) is 39.4 Å². The number of carbonyl (C=O) groups is 2. The second-order valence-electron chi connectivity index (χ2n) is 4.28. The summed E-state index contributed by atoms with van der Waals surface area (Å²) in [4.78, 5) is 34.1. The van der Waals surface area contributed by atoms with E-state index in [-0.39, 0.29) is 21.9 Å². The van der Waals surface area contributed by atoms with Crippen molar-refractivity contribution in [1.82, 2.24) is 10.2 Å². The highest BCUT2D eigenvalue weighted by Crippen LogP contribution is 2.26. The molecule has 0 atom stereocenters. The van der Waals surface area contributed by atoms with E-state index in [1.54, 1.807) is 0 Å². The number of ether oxygens (including phenoxy) is 1. The topological polar surface area (TPSA) is 124 Å². The standard InChI is InChI=1S/C13H12N4O5S2/c1-3-23-13-16-15-12(24-13)14-10(18)7-4-8(11(19)22-2)6-9(5-7)17(20)21/h4-6H,3H2,1-2H3,(H,14,15,18). The van der Waals surface area contributed by atoms with Crippen molar-refractivity contribution in [2.24, 2.45) is 0 Å². The molecule has 126 valence electrons. The van der Waals surface area contributed by atoms with E-state index >= 15 is 0 Å². The number of nitro groups is 1. The van der Waals surface area contributed by atoms with Gasteiger partial charge in [-0.05, 0) is 11.8 Å². The zero-order chi connectivity index (χ0) is 17.7. The minimum absolute atomic E-state index is 0.0514. The van der Waals surface area contributed by atoms with Gasteiger partial charge in [-0.2, -0.15) is 0 Å². The van der Waals surface area contributed by atoms with Crippen LogP contribution in [0.4, 0.5) is 10.8 Å². The quantitative estimate of drug-likeness (QED) is 0.271. The average Bonchev–Trinajstić information content (AvgIpc) is 3.01. The highest BCUT2D eigenvalue weighted by atomic mass is 32.2. The summed E-state index contributed by atoms with van der Waals surface area (Å²) in [5, 5.41) is 21.5. The summed E-state index contributed by atoms with van der Waals surface area (Å²) in [7, 11) is 1.15. The third kappa shape index (κ3) is 4.26. The fourth-order valence-corrected chi connectivity index (χ4v) is 3.34. The molecule has 0 spiro atoms. The Hall–Kier alpha value is -2.53. The first kappa shape index (κ1) is 17.8. The number of esters is 1. The molecule has 11 heteroatoms. The normalized spacial score (nSPS) is 10.2. The lowest BCUT2D eigenvalue weighted by molar-refractivity contribution is -0.384. The Bertz CT molecular complexity index is 792. The second kappa shape index (κ2) is 7.84. The Morgan fingerprint density at radius 3 is 2.67 bits per heavy atom. The van der Waals surface area contributed by atoms with Crippen LogP contribution in [0.1, 0.15) is 27.6 Å². The smallest absolute Gasteiger partial charge is 0.338 e. The Morgan fingerprint density at radius 2 is 2.04 bits per heavy atom. The van der Waals surface area contributed by atoms with Crippen LogP contribution in [0.2, 0.25) is 0 Å². The Labute approximate surface area is 144 Å². The number of benzene rings is 1. The fourth-order valence-electron chi connectivity index (χ4n) is 1.69. The van der Waals surface area contributed by atoms with Crippen LogP contribution in [0.15, 0.2) is 22.5 Å². The van der Waals surface area contributed by atoms with Crippen molar-refractivity contribution in [3.63, 3.8) is 0 Å². The second-order valence-corrected chi connectivity index (χ2v) is 6.77. The van der Waals surface area contributed by atoms with E-state index in [2.05, 4.69) is 20.3 Å². The van der Waals surface area contributed by atoms with E-state index in [1.807, 2.05) is 6.92 Å². The van der Waals surface area contributed by atoms with Crippen molar-refractivity contribution in [3.8, 4) is 0 Å². The largest absolute Gasteiger partial charge is 0.465 e. The van der Waals surface area contributed by atoms with Gasteiger partial charge in [0.15, 0.2) is 4.34 Å². The zero-order valence-electron chi connectivity index (χ0n) is 12.6. The molecule has 1 amide bonds. The molecule has 0 fully saturated rings. The molecule has 0 bridgehead atoms. The number of non-ortho nitro benzene ring substituents is 1. The van der Waals surface area contributed by atoms with E-state index in [0.717, 1.165) is 25.0 Å². The number of methoxy groups -OCH3 is 1. The number of amides is 1.